The molecule has 0 aromatic heterocycles. The van der Waals surface area contributed by atoms with Gasteiger partial charge < -0.3 is 0 Å². The number of ketones is 1. The first-order chi connectivity index (χ1) is 9.60. The fourth-order valence-electron chi connectivity index (χ4n) is 3.14. The van der Waals surface area contributed by atoms with Crippen molar-refractivity contribution >= 4 is 5.78 Å². The molecule has 1 saturated carbocycles. The van der Waals surface area contributed by atoms with E-state index in [2.05, 4.69) is 6.92 Å². The molecule has 0 heterocycles. The lowest BCUT2D eigenvalue weighted by Gasteiger charge is -2.27. The Morgan fingerprint density at radius 2 is 1.70 bits per heavy atom. The standard InChI is InChI=1S/C17H22F2O/c1-2-3-4-12-5-7-13(8-6-12)17(20)14-9-15(18)11-16(19)10-14/h9-13H,2-8H2,1H3. The Bertz CT molecular complexity index is 442. The smallest absolute Gasteiger partial charge is 0.166 e. The number of carbonyl (C=O) groups is 1. The van der Waals surface area contributed by atoms with E-state index in [1.165, 1.54) is 19.3 Å². The van der Waals surface area contributed by atoms with E-state index < -0.39 is 11.6 Å². The van der Waals surface area contributed by atoms with Crippen molar-refractivity contribution in [2.75, 3.05) is 0 Å². The molecule has 0 radical (unpaired) electrons. The van der Waals surface area contributed by atoms with Crippen LogP contribution in [0.3, 0.4) is 0 Å². The van der Waals surface area contributed by atoms with Crippen LogP contribution < -0.4 is 0 Å². The molecule has 110 valence electrons. The van der Waals surface area contributed by atoms with Gasteiger partial charge in [-0.15, -0.1) is 0 Å². The Kier molecular flexibility index (Phi) is 5.27. The zero-order chi connectivity index (χ0) is 14.5. The molecule has 1 aromatic rings. The average molecular weight is 280 g/mol. The summed E-state index contributed by atoms with van der Waals surface area (Å²) in [6.45, 7) is 2.19. The van der Waals surface area contributed by atoms with Gasteiger partial charge in [-0.2, -0.15) is 0 Å². The Morgan fingerprint density at radius 1 is 1.10 bits per heavy atom. The monoisotopic (exact) mass is 280 g/mol. The van der Waals surface area contributed by atoms with E-state index in [4.69, 9.17) is 0 Å². The van der Waals surface area contributed by atoms with Crippen LogP contribution in [0.2, 0.25) is 0 Å². The van der Waals surface area contributed by atoms with Gasteiger partial charge in [0, 0.05) is 17.5 Å². The van der Waals surface area contributed by atoms with E-state index >= 15 is 0 Å². The molecule has 1 nitrogen and oxygen atoms in total. The van der Waals surface area contributed by atoms with Crippen LogP contribution in [-0.2, 0) is 0 Å². The lowest BCUT2D eigenvalue weighted by molar-refractivity contribution is 0.0868. The molecule has 0 spiro atoms. The molecule has 1 aliphatic carbocycles. The molecule has 0 amide bonds. The maximum atomic E-state index is 13.2. The molecule has 0 saturated heterocycles. The molecule has 20 heavy (non-hydrogen) atoms. The number of hydrogen-bond donors (Lipinski definition) is 0. The third-order valence-corrected chi connectivity index (χ3v) is 4.33. The SMILES string of the molecule is CCCCC1CCC(C(=O)c2cc(F)cc(F)c2)CC1. The van der Waals surface area contributed by atoms with Crippen molar-refractivity contribution in [2.45, 2.75) is 51.9 Å². The third kappa shape index (κ3) is 3.87. The highest BCUT2D eigenvalue weighted by atomic mass is 19.1. The zero-order valence-electron chi connectivity index (χ0n) is 12.0. The number of hydrogen-bond acceptors (Lipinski definition) is 1. The Morgan fingerprint density at radius 3 is 2.25 bits per heavy atom. The second-order valence-electron chi connectivity index (χ2n) is 5.88. The second kappa shape index (κ2) is 6.96. The minimum Gasteiger partial charge on any atom is -0.294 e. The first kappa shape index (κ1) is 15.1. The minimum atomic E-state index is -0.676. The van der Waals surface area contributed by atoms with Gasteiger partial charge in [-0.1, -0.05) is 26.2 Å². The van der Waals surface area contributed by atoms with Crippen LogP contribution in [-0.4, -0.2) is 5.78 Å². The van der Waals surface area contributed by atoms with Gasteiger partial charge in [0.1, 0.15) is 11.6 Å². The molecular weight excluding hydrogens is 258 g/mol. The first-order valence-corrected chi connectivity index (χ1v) is 7.60. The summed E-state index contributed by atoms with van der Waals surface area (Å²) in [6, 6.07) is 3.10. The Hall–Kier alpha value is -1.25. The second-order valence-corrected chi connectivity index (χ2v) is 5.88. The summed E-state index contributed by atoms with van der Waals surface area (Å²) >= 11 is 0. The van der Waals surface area contributed by atoms with E-state index in [1.807, 2.05) is 0 Å². The molecule has 1 aromatic carbocycles. The summed E-state index contributed by atoms with van der Waals surface area (Å²) in [4.78, 5) is 12.3. The normalized spacial score (nSPS) is 22.8. The molecule has 0 N–H and O–H groups in total. The van der Waals surface area contributed by atoms with Gasteiger partial charge in [0.2, 0.25) is 0 Å². The van der Waals surface area contributed by atoms with Crippen LogP contribution in [0.15, 0.2) is 18.2 Å². The van der Waals surface area contributed by atoms with Gasteiger partial charge in [0.05, 0.1) is 0 Å². The molecule has 0 unspecified atom stereocenters. The lowest BCUT2D eigenvalue weighted by Crippen LogP contribution is -2.22. The Balaban J connectivity index is 1.94. The van der Waals surface area contributed by atoms with Crippen LogP contribution in [0.25, 0.3) is 0 Å². The fourth-order valence-corrected chi connectivity index (χ4v) is 3.14. The van der Waals surface area contributed by atoms with Crippen LogP contribution >= 0.6 is 0 Å². The maximum Gasteiger partial charge on any atom is 0.166 e. The van der Waals surface area contributed by atoms with Crippen molar-refractivity contribution in [3.63, 3.8) is 0 Å². The number of benzene rings is 1. The molecule has 2 rings (SSSR count). The van der Waals surface area contributed by atoms with Gasteiger partial charge in [-0.05, 0) is 43.7 Å². The largest absolute Gasteiger partial charge is 0.294 e. The van der Waals surface area contributed by atoms with Crippen molar-refractivity contribution in [1.29, 1.82) is 0 Å². The zero-order valence-corrected chi connectivity index (χ0v) is 12.0. The first-order valence-electron chi connectivity index (χ1n) is 7.60. The molecule has 3 heteroatoms. The highest BCUT2D eigenvalue weighted by Crippen LogP contribution is 2.33. The Labute approximate surface area is 119 Å². The summed E-state index contributed by atoms with van der Waals surface area (Å²) in [6.07, 6.45) is 7.53. The average Bonchev–Trinajstić information content (AvgIpc) is 2.44. The summed E-state index contributed by atoms with van der Waals surface area (Å²) in [7, 11) is 0. The number of Topliss-reactive ketones (excluding diaryl/α,β-unsaturated/α-hetero) is 1. The van der Waals surface area contributed by atoms with E-state index in [0.29, 0.717) is 0 Å². The van der Waals surface area contributed by atoms with E-state index in [0.717, 1.165) is 49.8 Å². The van der Waals surface area contributed by atoms with Crippen molar-refractivity contribution in [1.82, 2.24) is 0 Å². The number of halogens is 2. The lowest BCUT2D eigenvalue weighted by atomic mass is 9.77. The molecule has 0 atom stereocenters. The van der Waals surface area contributed by atoms with Gasteiger partial charge >= 0.3 is 0 Å². The van der Waals surface area contributed by atoms with E-state index in [-0.39, 0.29) is 17.3 Å². The summed E-state index contributed by atoms with van der Waals surface area (Å²) in [5, 5.41) is 0. The minimum absolute atomic E-state index is 0.0610. The molecule has 0 aliphatic heterocycles. The van der Waals surface area contributed by atoms with Gasteiger partial charge in [0.25, 0.3) is 0 Å². The van der Waals surface area contributed by atoms with Crippen molar-refractivity contribution in [3.05, 3.63) is 35.4 Å². The van der Waals surface area contributed by atoms with Gasteiger partial charge in [-0.25, -0.2) is 8.78 Å². The molecule has 1 fully saturated rings. The molecule has 0 bridgehead atoms. The van der Waals surface area contributed by atoms with Crippen LogP contribution in [0.1, 0.15) is 62.2 Å². The number of carbonyl (C=O) groups excluding carboxylic acids is 1. The van der Waals surface area contributed by atoms with E-state index in [1.54, 1.807) is 0 Å². The summed E-state index contributed by atoms with van der Waals surface area (Å²) in [5.74, 6) is -0.787. The van der Waals surface area contributed by atoms with Gasteiger partial charge in [0.15, 0.2) is 5.78 Å². The fraction of sp³-hybridized carbons (Fsp3) is 0.588. The van der Waals surface area contributed by atoms with Crippen LogP contribution in [0.5, 0.6) is 0 Å². The van der Waals surface area contributed by atoms with E-state index in [9.17, 15) is 13.6 Å². The quantitative estimate of drug-likeness (QED) is 0.682. The third-order valence-electron chi connectivity index (χ3n) is 4.33. The van der Waals surface area contributed by atoms with Crippen LogP contribution in [0.4, 0.5) is 8.78 Å². The highest BCUT2D eigenvalue weighted by Gasteiger charge is 2.27. The van der Waals surface area contributed by atoms with Crippen molar-refractivity contribution < 1.29 is 13.6 Å². The predicted molar refractivity (Wildman–Crippen MR) is 75.7 cm³/mol. The predicted octanol–water partition coefficient (Wildman–Crippen LogP) is 5.14. The van der Waals surface area contributed by atoms with Gasteiger partial charge in [-0.3, -0.25) is 4.79 Å². The topological polar surface area (TPSA) is 17.1 Å². The maximum absolute atomic E-state index is 13.2. The van der Waals surface area contributed by atoms with Crippen molar-refractivity contribution in [2.24, 2.45) is 11.8 Å². The van der Waals surface area contributed by atoms with Crippen molar-refractivity contribution in [3.8, 4) is 0 Å². The van der Waals surface area contributed by atoms with Crippen LogP contribution in [0, 0.1) is 23.5 Å². The number of rotatable bonds is 5. The summed E-state index contributed by atoms with van der Waals surface area (Å²) in [5.41, 5.74) is 0.180. The summed E-state index contributed by atoms with van der Waals surface area (Å²) < 4.78 is 26.3. The highest BCUT2D eigenvalue weighted by molar-refractivity contribution is 5.97. The molecule has 1 aliphatic rings. The number of unbranched alkanes of at least 4 members (excludes halogenated alkanes) is 1. The molecular formula is C17H22F2O.